The Morgan fingerprint density at radius 1 is 0.480 bits per heavy atom. The number of para-hydroxylation sites is 3. The zero-order chi connectivity index (χ0) is 33.5. The molecule has 0 N–H and O–H groups in total. The summed E-state index contributed by atoms with van der Waals surface area (Å²) in [6, 6.07) is 51.2. The van der Waals surface area contributed by atoms with E-state index >= 15 is 0 Å². The van der Waals surface area contributed by atoms with Crippen LogP contribution in [0.5, 0.6) is 0 Å². The lowest BCUT2D eigenvalue weighted by Gasteiger charge is -2.31. The Bertz CT molecular complexity index is 2910. The van der Waals surface area contributed by atoms with Gasteiger partial charge in [0.15, 0.2) is 0 Å². The first-order chi connectivity index (χ1) is 24.3. The van der Waals surface area contributed by atoms with Crippen LogP contribution in [0.3, 0.4) is 0 Å². The van der Waals surface area contributed by atoms with Gasteiger partial charge < -0.3 is 8.98 Å². The molecule has 2 aliphatic rings. The van der Waals surface area contributed by atoms with Crippen LogP contribution in [0.25, 0.3) is 82.8 Å². The normalized spacial score (nSPS) is 15.1. The van der Waals surface area contributed by atoms with E-state index in [0.717, 1.165) is 11.2 Å². The molecule has 0 radical (unpaired) electrons. The molecule has 7 aromatic carbocycles. The number of furan rings is 1. The summed E-state index contributed by atoms with van der Waals surface area (Å²) in [4.78, 5) is 0. The molecular formula is C48H35NO. The molecule has 2 heterocycles. The van der Waals surface area contributed by atoms with Crippen LogP contribution in [0.15, 0.2) is 144 Å². The van der Waals surface area contributed by atoms with Crippen molar-refractivity contribution >= 4 is 43.7 Å². The molecule has 0 aliphatic heterocycles. The van der Waals surface area contributed by atoms with Gasteiger partial charge in [-0.3, -0.25) is 0 Å². The lowest BCUT2D eigenvalue weighted by Crippen LogP contribution is -2.24. The number of hydrogen-bond donors (Lipinski definition) is 0. The molecule has 50 heavy (non-hydrogen) atoms. The van der Waals surface area contributed by atoms with Gasteiger partial charge in [0.2, 0.25) is 0 Å². The molecule has 0 atom stereocenters. The van der Waals surface area contributed by atoms with Gasteiger partial charge in [0.25, 0.3) is 0 Å². The number of hydrogen-bond acceptors (Lipinski definition) is 1. The second kappa shape index (κ2) is 9.43. The maximum Gasteiger partial charge on any atom is 0.144 e. The molecule has 11 rings (SSSR count). The van der Waals surface area contributed by atoms with E-state index in [1.54, 1.807) is 0 Å². The van der Waals surface area contributed by atoms with Crippen LogP contribution in [0.1, 0.15) is 49.9 Å². The monoisotopic (exact) mass is 641 g/mol. The molecule has 238 valence electrons. The first-order valence-corrected chi connectivity index (χ1v) is 17.7. The molecule has 2 nitrogen and oxygen atoms in total. The minimum Gasteiger partial charge on any atom is -0.455 e. The van der Waals surface area contributed by atoms with E-state index in [-0.39, 0.29) is 10.8 Å². The quantitative estimate of drug-likeness (QED) is 0.184. The van der Waals surface area contributed by atoms with Crippen molar-refractivity contribution < 1.29 is 4.42 Å². The third-order valence-corrected chi connectivity index (χ3v) is 11.9. The SMILES string of the molecule is CC1(C)c2ccccc2-c2c1c1c(c3c2oc2ccccc23)-c2ccc(-c3ccc4c(c3)c3ccccc3n4-c3ccccc3)cc2C1(C)C. The maximum absolute atomic E-state index is 6.85. The van der Waals surface area contributed by atoms with Crippen LogP contribution in [0, 0.1) is 0 Å². The number of fused-ring (bicyclic) bond motifs is 15. The second-order valence-corrected chi connectivity index (χ2v) is 15.3. The molecule has 0 spiro atoms. The Hall–Kier alpha value is -5.86. The van der Waals surface area contributed by atoms with Crippen LogP contribution in [0.4, 0.5) is 0 Å². The lowest BCUT2D eigenvalue weighted by atomic mass is 9.72. The largest absolute Gasteiger partial charge is 0.455 e. The molecule has 0 fully saturated rings. The van der Waals surface area contributed by atoms with Crippen molar-refractivity contribution in [3.05, 3.63) is 162 Å². The Balaban J connectivity index is 1.17. The maximum atomic E-state index is 6.85. The molecule has 0 amide bonds. The van der Waals surface area contributed by atoms with Gasteiger partial charge in [-0.25, -0.2) is 0 Å². The van der Waals surface area contributed by atoms with Crippen molar-refractivity contribution in [1.29, 1.82) is 0 Å². The molecule has 2 aliphatic carbocycles. The first kappa shape index (κ1) is 28.0. The molecule has 0 saturated heterocycles. The molecule has 0 bridgehead atoms. The summed E-state index contributed by atoms with van der Waals surface area (Å²) in [5.74, 6) is 0. The van der Waals surface area contributed by atoms with E-state index in [1.165, 1.54) is 93.9 Å². The van der Waals surface area contributed by atoms with Crippen molar-refractivity contribution in [3.63, 3.8) is 0 Å². The average molecular weight is 642 g/mol. The van der Waals surface area contributed by atoms with Crippen LogP contribution >= 0.6 is 0 Å². The van der Waals surface area contributed by atoms with Crippen LogP contribution in [0.2, 0.25) is 0 Å². The molecule has 2 aromatic heterocycles. The van der Waals surface area contributed by atoms with Crippen LogP contribution in [-0.4, -0.2) is 4.57 Å². The molecule has 0 saturated carbocycles. The average Bonchev–Trinajstić information content (AvgIpc) is 3.82. The van der Waals surface area contributed by atoms with Gasteiger partial charge in [-0.2, -0.15) is 0 Å². The van der Waals surface area contributed by atoms with E-state index in [9.17, 15) is 0 Å². The predicted molar refractivity (Wildman–Crippen MR) is 209 cm³/mol. The summed E-state index contributed by atoms with van der Waals surface area (Å²) in [5.41, 5.74) is 18.6. The molecular weight excluding hydrogens is 607 g/mol. The first-order valence-electron chi connectivity index (χ1n) is 17.7. The lowest BCUT2D eigenvalue weighted by molar-refractivity contribution is 0.600. The fraction of sp³-hybridized carbons (Fsp3) is 0.125. The molecule has 9 aromatic rings. The van der Waals surface area contributed by atoms with Crippen molar-refractivity contribution in [2.24, 2.45) is 0 Å². The third kappa shape index (κ3) is 3.39. The summed E-state index contributed by atoms with van der Waals surface area (Å²) < 4.78 is 9.24. The fourth-order valence-electron chi connectivity index (χ4n) is 9.72. The minimum absolute atomic E-state index is 0.163. The fourth-order valence-corrected chi connectivity index (χ4v) is 9.72. The summed E-state index contributed by atoms with van der Waals surface area (Å²) in [7, 11) is 0. The highest BCUT2D eigenvalue weighted by molar-refractivity contribution is 6.21. The van der Waals surface area contributed by atoms with Crippen LogP contribution < -0.4 is 0 Å². The van der Waals surface area contributed by atoms with Crippen molar-refractivity contribution in [3.8, 4) is 39.1 Å². The summed E-state index contributed by atoms with van der Waals surface area (Å²) in [6.45, 7) is 9.67. The number of rotatable bonds is 2. The van der Waals surface area contributed by atoms with Gasteiger partial charge in [-0.05, 0) is 92.5 Å². The summed E-state index contributed by atoms with van der Waals surface area (Å²) in [5, 5.41) is 4.98. The Morgan fingerprint density at radius 3 is 1.96 bits per heavy atom. The van der Waals surface area contributed by atoms with Gasteiger partial charge in [0.05, 0.1) is 11.0 Å². The Kier molecular flexibility index (Phi) is 5.28. The highest BCUT2D eigenvalue weighted by atomic mass is 16.3. The van der Waals surface area contributed by atoms with E-state index < -0.39 is 0 Å². The van der Waals surface area contributed by atoms with E-state index in [0.29, 0.717) is 0 Å². The van der Waals surface area contributed by atoms with Crippen molar-refractivity contribution in [2.75, 3.05) is 0 Å². The van der Waals surface area contributed by atoms with Gasteiger partial charge in [0, 0.05) is 43.6 Å². The van der Waals surface area contributed by atoms with E-state index in [4.69, 9.17) is 4.42 Å². The smallest absolute Gasteiger partial charge is 0.144 e. The van der Waals surface area contributed by atoms with Gasteiger partial charge in [-0.15, -0.1) is 0 Å². The topological polar surface area (TPSA) is 18.1 Å². The van der Waals surface area contributed by atoms with Gasteiger partial charge >= 0.3 is 0 Å². The zero-order valence-corrected chi connectivity index (χ0v) is 28.6. The van der Waals surface area contributed by atoms with Crippen molar-refractivity contribution in [1.82, 2.24) is 4.57 Å². The number of aromatic nitrogens is 1. The summed E-state index contributed by atoms with van der Waals surface area (Å²) >= 11 is 0. The Labute approximate surface area is 291 Å². The van der Waals surface area contributed by atoms with Crippen molar-refractivity contribution in [2.45, 2.75) is 38.5 Å². The van der Waals surface area contributed by atoms with Gasteiger partial charge in [-0.1, -0.05) is 125 Å². The predicted octanol–water partition coefficient (Wildman–Crippen LogP) is 13.0. The number of nitrogens with zero attached hydrogens (tertiary/aromatic N) is 1. The molecule has 2 heteroatoms. The van der Waals surface area contributed by atoms with Gasteiger partial charge in [0.1, 0.15) is 11.2 Å². The highest BCUT2D eigenvalue weighted by Crippen LogP contribution is 2.63. The third-order valence-electron chi connectivity index (χ3n) is 11.9. The minimum atomic E-state index is -0.218. The summed E-state index contributed by atoms with van der Waals surface area (Å²) in [6.07, 6.45) is 0. The second-order valence-electron chi connectivity index (χ2n) is 15.3. The van der Waals surface area contributed by atoms with E-state index in [2.05, 4.69) is 172 Å². The zero-order valence-electron chi connectivity index (χ0n) is 28.6. The van der Waals surface area contributed by atoms with E-state index in [1.807, 2.05) is 0 Å². The Morgan fingerprint density at radius 2 is 1.10 bits per heavy atom. The van der Waals surface area contributed by atoms with Crippen LogP contribution in [-0.2, 0) is 10.8 Å². The number of benzene rings is 7. The highest BCUT2D eigenvalue weighted by Gasteiger charge is 2.48. The molecule has 0 unspecified atom stereocenters. The standard InChI is InChI=1S/C48H35NO/c1-47(2)36-19-11-8-17-32(36)43-45(47)44-41(42-34-18-10-13-21-40(34)50-46(42)43)33-24-22-29(27-37(33)48(44,3)4)28-23-25-39-35(26-28)31-16-9-12-20-38(31)49(39)30-14-6-5-7-15-30/h5-27H,1-4H3.